The Bertz CT molecular complexity index is 1270. The number of pyridine rings is 1. The summed E-state index contributed by atoms with van der Waals surface area (Å²) in [6.07, 6.45) is 3.94. The molecule has 1 fully saturated rings. The second-order valence-electron chi connectivity index (χ2n) is 8.80. The molecule has 32 heavy (non-hydrogen) atoms. The number of likely N-dealkylation sites (tertiary alicyclic amines) is 1. The van der Waals surface area contributed by atoms with E-state index in [4.69, 9.17) is 23.1 Å². The maximum Gasteiger partial charge on any atom is 0.177 e. The van der Waals surface area contributed by atoms with E-state index in [9.17, 15) is 4.79 Å². The molecular formula is C24H26N6OS. The van der Waals surface area contributed by atoms with E-state index >= 15 is 0 Å². The Labute approximate surface area is 192 Å². The number of fused-ring (bicyclic) bond motifs is 3. The Morgan fingerprint density at radius 3 is 2.75 bits per heavy atom. The number of thiocarbonyl (C=S) groups is 1. The Hall–Kier alpha value is -3.26. The Morgan fingerprint density at radius 1 is 1.19 bits per heavy atom. The van der Waals surface area contributed by atoms with Crippen molar-refractivity contribution in [3.63, 3.8) is 0 Å². The molecule has 3 N–H and O–H groups in total. The zero-order chi connectivity index (χ0) is 22.5. The SMILES string of the molecule is CC(=O)/C(NC(=S)N1CCC2(CCn3nc(-c4cnc5ccccc5c4)cc32)C1)=C(/C)N. The third-order valence-electron chi connectivity index (χ3n) is 6.63. The van der Waals surface area contributed by atoms with Crippen LogP contribution in [0.15, 0.2) is 54.0 Å². The first-order valence-corrected chi connectivity index (χ1v) is 11.2. The van der Waals surface area contributed by atoms with Crippen molar-refractivity contribution in [3.05, 3.63) is 59.7 Å². The van der Waals surface area contributed by atoms with Gasteiger partial charge in [-0.05, 0) is 50.2 Å². The van der Waals surface area contributed by atoms with E-state index in [1.165, 1.54) is 12.6 Å². The summed E-state index contributed by atoms with van der Waals surface area (Å²) in [7, 11) is 0. The van der Waals surface area contributed by atoms with Crippen LogP contribution in [0.4, 0.5) is 0 Å². The molecule has 164 valence electrons. The van der Waals surface area contributed by atoms with Gasteiger partial charge in [-0.25, -0.2) is 0 Å². The highest BCUT2D eigenvalue weighted by atomic mass is 32.1. The number of allylic oxidation sites excluding steroid dienone is 2. The number of nitrogens with one attached hydrogen (secondary N) is 1. The van der Waals surface area contributed by atoms with Gasteiger partial charge in [0.1, 0.15) is 5.70 Å². The normalized spacial score (nSPS) is 20.5. The van der Waals surface area contributed by atoms with Gasteiger partial charge in [-0.3, -0.25) is 14.5 Å². The third kappa shape index (κ3) is 3.44. The van der Waals surface area contributed by atoms with Crippen molar-refractivity contribution in [2.75, 3.05) is 13.1 Å². The predicted molar refractivity (Wildman–Crippen MR) is 129 cm³/mol. The molecule has 5 rings (SSSR count). The number of hydrogen-bond donors (Lipinski definition) is 2. The average molecular weight is 447 g/mol. The number of hydrogen-bond acceptors (Lipinski definition) is 5. The van der Waals surface area contributed by atoms with Gasteiger partial charge >= 0.3 is 0 Å². The van der Waals surface area contributed by atoms with Gasteiger partial charge < -0.3 is 16.0 Å². The molecule has 2 aliphatic heterocycles. The summed E-state index contributed by atoms with van der Waals surface area (Å²) in [5, 5.41) is 9.62. The molecule has 3 aromatic rings. The van der Waals surface area contributed by atoms with E-state index in [1.54, 1.807) is 6.92 Å². The van der Waals surface area contributed by atoms with Crippen LogP contribution in [0.25, 0.3) is 22.2 Å². The zero-order valence-electron chi connectivity index (χ0n) is 18.3. The molecule has 4 heterocycles. The number of nitrogens with zero attached hydrogens (tertiary/aromatic N) is 4. The van der Waals surface area contributed by atoms with E-state index in [-0.39, 0.29) is 11.2 Å². The van der Waals surface area contributed by atoms with Crippen molar-refractivity contribution in [3.8, 4) is 11.3 Å². The number of aromatic nitrogens is 3. The third-order valence-corrected chi connectivity index (χ3v) is 6.99. The number of Topliss-reactive ketones (excluding diaryl/α,β-unsaturated/α-hetero) is 1. The minimum Gasteiger partial charge on any atom is -0.400 e. The molecule has 0 radical (unpaired) electrons. The van der Waals surface area contributed by atoms with Gasteiger partial charge in [0.15, 0.2) is 10.9 Å². The van der Waals surface area contributed by atoms with Crippen LogP contribution in [0.3, 0.4) is 0 Å². The number of ketones is 1. The summed E-state index contributed by atoms with van der Waals surface area (Å²) in [4.78, 5) is 18.6. The number of benzene rings is 1. The van der Waals surface area contributed by atoms with E-state index < -0.39 is 0 Å². The lowest BCUT2D eigenvalue weighted by molar-refractivity contribution is -0.113. The van der Waals surface area contributed by atoms with Crippen molar-refractivity contribution in [1.29, 1.82) is 0 Å². The van der Waals surface area contributed by atoms with Crippen LogP contribution in [0.1, 0.15) is 32.4 Å². The molecule has 1 spiro atoms. The second kappa shape index (κ2) is 7.70. The van der Waals surface area contributed by atoms with Crippen LogP contribution >= 0.6 is 12.2 Å². The van der Waals surface area contributed by atoms with Gasteiger partial charge in [0.2, 0.25) is 0 Å². The van der Waals surface area contributed by atoms with Crippen LogP contribution < -0.4 is 11.1 Å². The van der Waals surface area contributed by atoms with E-state index in [0.717, 1.165) is 54.6 Å². The quantitative estimate of drug-likeness (QED) is 0.472. The molecule has 1 atom stereocenters. The van der Waals surface area contributed by atoms with Crippen molar-refractivity contribution in [2.45, 2.75) is 38.6 Å². The Kier molecular flexibility index (Phi) is 4.97. The largest absolute Gasteiger partial charge is 0.400 e. The van der Waals surface area contributed by atoms with E-state index in [1.807, 2.05) is 24.4 Å². The van der Waals surface area contributed by atoms with Crippen LogP contribution in [-0.2, 0) is 16.8 Å². The summed E-state index contributed by atoms with van der Waals surface area (Å²) in [5.74, 6) is -0.117. The predicted octanol–water partition coefficient (Wildman–Crippen LogP) is 3.10. The van der Waals surface area contributed by atoms with Crippen molar-refractivity contribution >= 4 is 34.0 Å². The molecule has 1 unspecified atom stereocenters. The molecule has 8 heteroatoms. The Balaban J connectivity index is 1.39. The molecule has 0 saturated carbocycles. The van der Waals surface area contributed by atoms with Crippen molar-refractivity contribution in [1.82, 2.24) is 25.0 Å². The number of carbonyl (C=O) groups excluding carboxylic acids is 1. The molecular weight excluding hydrogens is 420 g/mol. The van der Waals surface area contributed by atoms with Gasteiger partial charge in [0.05, 0.1) is 11.2 Å². The molecule has 2 aliphatic rings. The van der Waals surface area contributed by atoms with Crippen LogP contribution in [0.2, 0.25) is 0 Å². The van der Waals surface area contributed by atoms with Gasteiger partial charge in [0.25, 0.3) is 0 Å². The fourth-order valence-electron chi connectivity index (χ4n) is 4.92. The topological polar surface area (TPSA) is 89.1 Å². The molecule has 2 aromatic heterocycles. The number of nitrogens with two attached hydrogens (primary N) is 1. The molecule has 7 nitrogen and oxygen atoms in total. The van der Waals surface area contributed by atoms with Gasteiger partial charge in [0, 0.05) is 60.5 Å². The summed E-state index contributed by atoms with van der Waals surface area (Å²) < 4.78 is 2.13. The van der Waals surface area contributed by atoms with Crippen LogP contribution in [0, 0.1) is 0 Å². The smallest absolute Gasteiger partial charge is 0.177 e. The number of rotatable bonds is 3. The molecule has 0 amide bonds. The van der Waals surface area contributed by atoms with Gasteiger partial charge in [-0.1, -0.05) is 18.2 Å². The fraction of sp³-hybridized carbons (Fsp3) is 0.333. The fourth-order valence-corrected chi connectivity index (χ4v) is 5.18. The molecule has 1 saturated heterocycles. The lowest BCUT2D eigenvalue weighted by Crippen LogP contribution is -2.41. The monoisotopic (exact) mass is 446 g/mol. The van der Waals surface area contributed by atoms with Gasteiger partial charge in [-0.2, -0.15) is 5.10 Å². The minimum atomic E-state index is -0.117. The maximum atomic E-state index is 11.9. The highest BCUT2D eigenvalue weighted by Crippen LogP contribution is 2.43. The summed E-state index contributed by atoms with van der Waals surface area (Å²) >= 11 is 5.61. The average Bonchev–Trinajstić information content (AvgIpc) is 3.48. The molecule has 1 aromatic carbocycles. The van der Waals surface area contributed by atoms with E-state index in [2.05, 4.69) is 38.1 Å². The minimum absolute atomic E-state index is 0.0130. The van der Waals surface area contributed by atoms with Gasteiger partial charge in [-0.15, -0.1) is 0 Å². The second-order valence-corrected chi connectivity index (χ2v) is 9.19. The van der Waals surface area contributed by atoms with Crippen molar-refractivity contribution in [2.24, 2.45) is 5.73 Å². The summed E-state index contributed by atoms with van der Waals surface area (Å²) in [6.45, 7) is 5.72. The lowest BCUT2D eigenvalue weighted by atomic mass is 9.82. The highest BCUT2D eigenvalue weighted by Gasteiger charge is 2.46. The van der Waals surface area contributed by atoms with E-state index in [0.29, 0.717) is 16.5 Å². The highest BCUT2D eigenvalue weighted by molar-refractivity contribution is 7.80. The number of aryl methyl sites for hydroxylation is 1. The Morgan fingerprint density at radius 2 is 1.97 bits per heavy atom. The first-order chi connectivity index (χ1) is 15.4. The molecule has 0 aliphatic carbocycles. The first-order valence-electron chi connectivity index (χ1n) is 10.8. The standard InChI is InChI=1S/C24H26N6OS/c1-15(25)22(16(2)31)27-23(32)29-9-7-24(14-29)8-10-30-21(24)12-20(28-30)18-11-17-5-3-4-6-19(17)26-13-18/h3-6,11-13H,7-10,14,25H2,1-2H3,(H,27,32)/b22-15+. The zero-order valence-corrected chi connectivity index (χ0v) is 19.1. The number of carbonyl (C=O) groups is 1. The molecule has 0 bridgehead atoms. The van der Waals surface area contributed by atoms with Crippen LogP contribution in [0.5, 0.6) is 0 Å². The summed E-state index contributed by atoms with van der Waals surface area (Å²) in [6, 6.07) is 12.5. The summed E-state index contributed by atoms with van der Waals surface area (Å²) in [5.41, 5.74) is 10.9. The number of para-hydroxylation sites is 1. The van der Waals surface area contributed by atoms with Crippen molar-refractivity contribution < 1.29 is 4.79 Å². The van der Waals surface area contributed by atoms with Crippen LogP contribution in [-0.4, -0.2) is 43.6 Å². The first kappa shape index (κ1) is 20.6. The lowest BCUT2D eigenvalue weighted by Gasteiger charge is -2.25. The maximum absolute atomic E-state index is 11.9.